The van der Waals surface area contributed by atoms with Crippen LogP contribution in [-0.2, 0) is 18.3 Å². The van der Waals surface area contributed by atoms with Gasteiger partial charge in [-0.3, -0.25) is 4.79 Å². The molecule has 1 N–H and O–H groups in total. The molecule has 0 saturated carbocycles. The molecule has 1 aromatic heterocycles. The Labute approximate surface area is 160 Å². The van der Waals surface area contributed by atoms with Gasteiger partial charge >= 0.3 is 0 Å². The van der Waals surface area contributed by atoms with Crippen molar-refractivity contribution in [3.63, 3.8) is 0 Å². The lowest BCUT2D eigenvalue weighted by Gasteiger charge is -2.16. The number of hydrogen-bond acceptors (Lipinski definition) is 5. The molecule has 26 heavy (non-hydrogen) atoms. The first-order valence-electron chi connectivity index (χ1n) is 8.09. The fourth-order valence-electron chi connectivity index (χ4n) is 2.40. The standard InChI is InChI=1S/C18H18ClN5OS/c1-24-18(21-22-23-24)26-16(14-5-3-2-4-6-14)17(25)20-12-11-13-7-9-15(19)10-8-13/h2-10,16H,11-12H2,1H3,(H,20,25). The number of benzene rings is 2. The molecule has 3 aromatic rings. The molecule has 0 saturated heterocycles. The number of rotatable bonds is 7. The molecule has 2 aromatic carbocycles. The number of carbonyl (C=O) groups is 1. The highest BCUT2D eigenvalue weighted by Gasteiger charge is 2.24. The molecular formula is C18H18ClN5OS. The number of hydrogen-bond donors (Lipinski definition) is 1. The van der Waals surface area contributed by atoms with Crippen LogP contribution >= 0.6 is 23.4 Å². The minimum Gasteiger partial charge on any atom is -0.354 e. The summed E-state index contributed by atoms with van der Waals surface area (Å²) in [5.41, 5.74) is 2.03. The average molecular weight is 388 g/mol. The topological polar surface area (TPSA) is 72.7 Å². The maximum Gasteiger partial charge on any atom is 0.238 e. The third-order valence-electron chi connectivity index (χ3n) is 3.77. The second-order valence-corrected chi connectivity index (χ2v) is 7.17. The second-order valence-electron chi connectivity index (χ2n) is 5.66. The van der Waals surface area contributed by atoms with E-state index in [1.54, 1.807) is 11.7 Å². The van der Waals surface area contributed by atoms with Gasteiger partial charge in [-0.2, -0.15) is 0 Å². The van der Waals surface area contributed by atoms with Gasteiger partial charge in [0.25, 0.3) is 0 Å². The summed E-state index contributed by atoms with van der Waals surface area (Å²) >= 11 is 7.22. The van der Waals surface area contributed by atoms with Crippen molar-refractivity contribution < 1.29 is 4.79 Å². The summed E-state index contributed by atoms with van der Waals surface area (Å²) < 4.78 is 1.56. The SMILES string of the molecule is Cn1nnnc1SC(C(=O)NCCc1ccc(Cl)cc1)c1ccccc1. The third kappa shape index (κ3) is 4.83. The molecule has 0 aliphatic rings. The average Bonchev–Trinajstić information content (AvgIpc) is 3.06. The van der Waals surface area contributed by atoms with Crippen LogP contribution in [0.1, 0.15) is 16.4 Å². The Kier molecular flexibility index (Phi) is 6.25. The van der Waals surface area contributed by atoms with Gasteiger partial charge in [0.1, 0.15) is 5.25 Å². The number of carbonyl (C=O) groups excluding carboxylic acids is 1. The summed E-state index contributed by atoms with van der Waals surface area (Å²) in [5, 5.41) is 15.3. The molecule has 1 unspecified atom stereocenters. The summed E-state index contributed by atoms with van der Waals surface area (Å²) in [6.45, 7) is 0.543. The largest absolute Gasteiger partial charge is 0.354 e. The smallest absolute Gasteiger partial charge is 0.238 e. The van der Waals surface area contributed by atoms with Crippen molar-refractivity contribution in [3.05, 3.63) is 70.7 Å². The van der Waals surface area contributed by atoms with E-state index in [4.69, 9.17) is 11.6 Å². The van der Waals surface area contributed by atoms with Crippen LogP contribution in [0.25, 0.3) is 0 Å². The molecule has 0 aliphatic heterocycles. The number of halogens is 1. The Hall–Kier alpha value is -2.38. The molecule has 8 heteroatoms. The summed E-state index contributed by atoms with van der Waals surface area (Å²) in [6.07, 6.45) is 0.737. The van der Waals surface area contributed by atoms with Gasteiger partial charge in [0, 0.05) is 18.6 Å². The van der Waals surface area contributed by atoms with Crippen molar-refractivity contribution in [2.45, 2.75) is 16.8 Å². The molecule has 6 nitrogen and oxygen atoms in total. The Morgan fingerprint density at radius 2 is 1.92 bits per heavy atom. The summed E-state index contributed by atoms with van der Waals surface area (Å²) in [6, 6.07) is 17.2. The van der Waals surface area contributed by atoms with Crippen LogP contribution in [0.15, 0.2) is 59.8 Å². The van der Waals surface area contributed by atoms with Crippen molar-refractivity contribution >= 4 is 29.3 Å². The van der Waals surface area contributed by atoms with Crippen molar-refractivity contribution in [3.8, 4) is 0 Å². The fraction of sp³-hybridized carbons (Fsp3) is 0.222. The van der Waals surface area contributed by atoms with E-state index in [0.29, 0.717) is 16.7 Å². The molecule has 0 radical (unpaired) electrons. The van der Waals surface area contributed by atoms with E-state index < -0.39 is 5.25 Å². The van der Waals surface area contributed by atoms with Crippen LogP contribution in [0.4, 0.5) is 0 Å². The highest BCUT2D eigenvalue weighted by Crippen LogP contribution is 2.33. The predicted molar refractivity (Wildman–Crippen MR) is 102 cm³/mol. The first-order chi connectivity index (χ1) is 12.6. The van der Waals surface area contributed by atoms with Crippen LogP contribution in [0.5, 0.6) is 0 Å². The molecule has 0 fully saturated rings. The highest BCUT2D eigenvalue weighted by atomic mass is 35.5. The second kappa shape index (κ2) is 8.82. The number of aromatic nitrogens is 4. The van der Waals surface area contributed by atoms with E-state index in [0.717, 1.165) is 17.5 Å². The predicted octanol–water partition coefficient (Wildman–Crippen LogP) is 3.06. The van der Waals surface area contributed by atoms with E-state index in [1.165, 1.54) is 11.8 Å². The van der Waals surface area contributed by atoms with Gasteiger partial charge in [0.05, 0.1) is 0 Å². The maximum absolute atomic E-state index is 12.8. The normalized spacial score (nSPS) is 11.9. The van der Waals surface area contributed by atoms with E-state index in [1.807, 2.05) is 54.6 Å². The number of amides is 1. The fourth-order valence-corrected chi connectivity index (χ4v) is 3.49. The molecule has 0 aliphatic carbocycles. The minimum atomic E-state index is -0.425. The Bertz CT molecular complexity index is 854. The van der Waals surface area contributed by atoms with Crippen LogP contribution in [-0.4, -0.2) is 32.7 Å². The number of aryl methyl sites for hydroxylation is 1. The number of thioether (sulfide) groups is 1. The molecule has 1 heterocycles. The number of nitrogens with one attached hydrogen (secondary N) is 1. The van der Waals surface area contributed by atoms with Gasteiger partial charge in [-0.05, 0) is 40.1 Å². The van der Waals surface area contributed by atoms with Gasteiger partial charge in [0.2, 0.25) is 11.1 Å². The summed E-state index contributed by atoms with van der Waals surface area (Å²) in [7, 11) is 1.75. The molecule has 3 rings (SSSR count). The molecule has 0 bridgehead atoms. The Morgan fingerprint density at radius 1 is 1.19 bits per heavy atom. The van der Waals surface area contributed by atoms with Crippen molar-refractivity contribution in [1.82, 2.24) is 25.5 Å². The molecule has 134 valence electrons. The molecule has 1 atom stereocenters. The van der Waals surface area contributed by atoms with Gasteiger partial charge in [-0.1, -0.05) is 65.8 Å². The number of tetrazole rings is 1. The van der Waals surface area contributed by atoms with E-state index >= 15 is 0 Å². The van der Waals surface area contributed by atoms with Crippen molar-refractivity contribution in [1.29, 1.82) is 0 Å². The zero-order valence-corrected chi connectivity index (χ0v) is 15.7. The van der Waals surface area contributed by atoms with Crippen molar-refractivity contribution in [2.75, 3.05) is 6.54 Å². The quantitative estimate of drug-likeness (QED) is 0.631. The zero-order valence-electron chi connectivity index (χ0n) is 14.2. The third-order valence-corrected chi connectivity index (χ3v) is 5.30. The number of nitrogens with zero attached hydrogens (tertiary/aromatic N) is 4. The summed E-state index contributed by atoms with van der Waals surface area (Å²) in [4.78, 5) is 12.8. The van der Waals surface area contributed by atoms with Crippen LogP contribution in [0.3, 0.4) is 0 Å². The van der Waals surface area contributed by atoms with Gasteiger partial charge in [0.15, 0.2) is 0 Å². The van der Waals surface area contributed by atoms with Crippen molar-refractivity contribution in [2.24, 2.45) is 7.05 Å². The minimum absolute atomic E-state index is 0.0711. The summed E-state index contributed by atoms with van der Waals surface area (Å²) in [5.74, 6) is -0.0711. The lowest BCUT2D eigenvalue weighted by Crippen LogP contribution is -2.30. The monoisotopic (exact) mass is 387 g/mol. The zero-order chi connectivity index (χ0) is 18.4. The van der Waals surface area contributed by atoms with Gasteiger partial charge < -0.3 is 5.32 Å². The maximum atomic E-state index is 12.8. The first kappa shape index (κ1) is 18.4. The van der Waals surface area contributed by atoms with Crippen LogP contribution in [0.2, 0.25) is 5.02 Å². The first-order valence-corrected chi connectivity index (χ1v) is 9.35. The molecule has 0 spiro atoms. The van der Waals surface area contributed by atoms with E-state index in [2.05, 4.69) is 20.8 Å². The van der Waals surface area contributed by atoms with E-state index in [-0.39, 0.29) is 5.91 Å². The lowest BCUT2D eigenvalue weighted by atomic mass is 10.1. The molecule has 1 amide bonds. The Balaban J connectivity index is 1.66. The highest BCUT2D eigenvalue weighted by molar-refractivity contribution is 8.00. The lowest BCUT2D eigenvalue weighted by molar-refractivity contribution is -0.120. The van der Waals surface area contributed by atoms with Crippen LogP contribution in [0, 0.1) is 0 Å². The Morgan fingerprint density at radius 3 is 2.58 bits per heavy atom. The van der Waals surface area contributed by atoms with Gasteiger partial charge in [-0.15, -0.1) is 5.10 Å². The van der Waals surface area contributed by atoms with E-state index in [9.17, 15) is 4.79 Å². The molecular weight excluding hydrogens is 370 g/mol. The van der Waals surface area contributed by atoms with Crippen LogP contribution < -0.4 is 5.32 Å². The van der Waals surface area contributed by atoms with Gasteiger partial charge in [-0.25, -0.2) is 4.68 Å².